The van der Waals surface area contributed by atoms with Crippen LogP contribution in [0.1, 0.15) is 137 Å². The molecule has 0 unspecified atom stereocenters. The molecule has 0 radical (unpaired) electrons. The monoisotopic (exact) mass is 542 g/mol. The predicted molar refractivity (Wildman–Crippen MR) is 155 cm³/mol. The molecule has 12 atom stereocenters. The highest BCUT2D eigenvalue weighted by Gasteiger charge is 2.69. The van der Waals surface area contributed by atoms with E-state index in [1.807, 2.05) is 0 Å². The summed E-state index contributed by atoms with van der Waals surface area (Å²) in [5.74, 6) is 4.77. The molecule has 2 aliphatic heterocycles. The van der Waals surface area contributed by atoms with Gasteiger partial charge >= 0.3 is 5.97 Å². The molecule has 1 spiro atoms. The van der Waals surface area contributed by atoms with Crippen molar-refractivity contribution >= 4 is 5.97 Å². The molecule has 0 bridgehead atoms. The second-order valence-corrected chi connectivity index (χ2v) is 15.7. The molecule has 0 aromatic heterocycles. The van der Waals surface area contributed by atoms with Crippen LogP contribution in [0.5, 0.6) is 0 Å². The van der Waals surface area contributed by atoms with E-state index in [-0.39, 0.29) is 17.9 Å². The van der Waals surface area contributed by atoms with Crippen LogP contribution < -0.4 is 0 Å². The minimum Gasteiger partial charge on any atom is -0.462 e. The van der Waals surface area contributed by atoms with Crippen molar-refractivity contribution < 1.29 is 19.0 Å². The zero-order valence-electron chi connectivity index (χ0n) is 25.8. The van der Waals surface area contributed by atoms with Gasteiger partial charge in [-0.1, -0.05) is 60.3 Å². The number of hydrogen-bond donors (Lipinski definition) is 0. The van der Waals surface area contributed by atoms with Gasteiger partial charge in [-0.05, 0) is 111 Å². The maximum absolute atomic E-state index is 12.6. The lowest BCUT2D eigenvalue weighted by atomic mass is 9.44. The molecular weight excluding hydrogens is 484 g/mol. The van der Waals surface area contributed by atoms with Crippen LogP contribution in [-0.2, 0) is 19.0 Å². The molecule has 4 heteroatoms. The molecule has 6 aliphatic rings. The van der Waals surface area contributed by atoms with Gasteiger partial charge in [-0.2, -0.15) is 0 Å². The lowest BCUT2D eigenvalue weighted by molar-refractivity contribution is -0.273. The van der Waals surface area contributed by atoms with E-state index >= 15 is 0 Å². The van der Waals surface area contributed by atoms with Crippen molar-refractivity contribution in [3.05, 3.63) is 0 Å². The minimum atomic E-state index is -0.304. The molecule has 6 fully saturated rings. The molecule has 39 heavy (non-hydrogen) atoms. The van der Waals surface area contributed by atoms with Gasteiger partial charge in [0.25, 0.3) is 0 Å². The number of unbranched alkanes of at least 4 members (excludes halogenated alkanes) is 4. The van der Waals surface area contributed by atoms with Crippen molar-refractivity contribution in [3.8, 4) is 0 Å². The largest absolute Gasteiger partial charge is 0.462 e. The predicted octanol–water partition coefficient (Wildman–Crippen LogP) is 8.71. The first-order valence-corrected chi connectivity index (χ1v) is 17.2. The number of rotatable bonds is 7. The van der Waals surface area contributed by atoms with Crippen molar-refractivity contribution in [2.45, 2.75) is 155 Å². The van der Waals surface area contributed by atoms with Gasteiger partial charge in [0, 0.05) is 18.8 Å². The number of ether oxygens (including phenoxy) is 3. The summed E-state index contributed by atoms with van der Waals surface area (Å²) in [6.07, 6.45) is 19.5. The molecule has 0 N–H and O–H groups in total. The standard InChI is InChI=1S/C35H58O4/c1-6-7-8-9-10-11-31(36)38-26-15-17-33(4)25(20-26)12-13-27-28(33)16-18-34(5)29(27)21-30-32(34)24(3)35(39-30)19-14-23(2)22-37-35/h23-30,32H,6-22H2,1-5H3/t23-,24-,25+,26+,27+,28-,29+,30-,32+,33-,34-,35+/m0/s1. The molecule has 4 aliphatic carbocycles. The first-order chi connectivity index (χ1) is 18.7. The summed E-state index contributed by atoms with van der Waals surface area (Å²) in [6.45, 7) is 13.2. The maximum Gasteiger partial charge on any atom is 0.306 e. The SMILES string of the molecule is CCCCCCCC(=O)O[C@@H]1CC[C@@]2(C)[C@H](CC[C@H]3[C@H]4C[C@@H]5O[C@]6(CC[C@H](C)CO6)[C@@H](C)[C@H]5[C@@]4(C)CC[C@@H]32)C1. The fourth-order valence-corrected chi connectivity index (χ4v) is 11.5. The van der Waals surface area contributed by atoms with Gasteiger partial charge in [0.2, 0.25) is 0 Å². The summed E-state index contributed by atoms with van der Waals surface area (Å²) >= 11 is 0. The minimum absolute atomic E-state index is 0.0583. The van der Waals surface area contributed by atoms with Crippen LogP contribution in [0.25, 0.3) is 0 Å². The molecule has 4 saturated carbocycles. The van der Waals surface area contributed by atoms with Crippen molar-refractivity contribution in [2.24, 2.45) is 52.3 Å². The van der Waals surface area contributed by atoms with E-state index in [4.69, 9.17) is 14.2 Å². The van der Waals surface area contributed by atoms with E-state index in [1.165, 1.54) is 64.2 Å². The number of fused-ring (bicyclic) bond motifs is 7. The summed E-state index contributed by atoms with van der Waals surface area (Å²) in [5, 5.41) is 0. The Kier molecular flexibility index (Phi) is 7.97. The lowest BCUT2D eigenvalue weighted by Crippen LogP contribution is -2.55. The average Bonchev–Trinajstić information content (AvgIpc) is 3.36. The fourth-order valence-electron chi connectivity index (χ4n) is 11.5. The van der Waals surface area contributed by atoms with Crippen molar-refractivity contribution in [1.29, 1.82) is 0 Å². The van der Waals surface area contributed by atoms with Crippen LogP contribution >= 0.6 is 0 Å². The van der Waals surface area contributed by atoms with Crippen LogP contribution in [-0.4, -0.2) is 30.6 Å². The van der Waals surface area contributed by atoms with Crippen LogP contribution in [0.2, 0.25) is 0 Å². The Labute approximate surface area is 239 Å². The molecule has 0 aromatic carbocycles. The van der Waals surface area contributed by atoms with Gasteiger partial charge < -0.3 is 14.2 Å². The van der Waals surface area contributed by atoms with Gasteiger partial charge in [-0.3, -0.25) is 4.79 Å². The molecule has 0 aromatic rings. The van der Waals surface area contributed by atoms with Gasteiger partial charge in [-0.25, -0.2) is 0 Å². The highest BCUT2D eigenvalue weighted by molar-refractivity contribution is 5.69. The normalized spacial score (nSPS) is 50.6. The number of carbonyl (C=O) groups is 1. The Morgan fingerprint density at radius 2 is 1.67 bits per heavy atom. The Morgan fingerprint density at radius 1 is 0.872 bits per heavy atom. The molecule has 2 saturated heterocycles. The Morgan fingerprint density at radius 3 is 2.44 bits per heavy atom. The zero-order valence-corrected chi connectivity index (χ0v) is 25.8. The first kappa shape index (κ1) is 28.5. The highest BCUT2D eigenvalue weighted by atomic mass is 16.7. The Balaban J connectivity index is 1.07. The van der Waals surface area contributed by atoms with E-state index in [9.17, 15) is 4.79 Å². The van der Waals surface area contributed by atoms with Gasteiger partial charge in [0.05, 0.1) is 12.7 Å². The second kappa shape index (κ2) is 10.9. The molecular formula is C35H58O4. The van der Waals surface area contributed by atoms with Gasteiger partial charge in [-0.15, -0.1) is 0 Å². The van der Waals surface area contributed by atoms with Crippen molar-refractivity contribution in [3.63, 3.8) is 0 Å². The third-order valence-corrected chi connectivity index (χ3v) is 13.7. The second-order valence-electron chi connectivity index (χ2n) is 15.7. The van der Waals surface area contributed by atoms with Crippen LogP contribution in [0.3, 0.4) is 0 Å². The zero-order chi connectivity index (χ0) is 27.4. The summed E-state index contributed by atoms with van der Waals surface area (Å²) in [7, 11) is 0. The number of carbonyl (C=O) groups excluding carboxylic acids is 1. The summed E-state index contributed by atoms with van der Waals surface area (Å²) < 4.78 is 19.6. The highest BCUT2D eigenvalue weighted by Crippen LogP contribution is 2.71. The number of esters is 1. The quantitative estimate of drug-likeness (QED) is 0.238. The van der Waals surface area contributed by atoms with E-state index < -0.39 is 0 Å². The van der Waals surface area contributed by atoms with E-state index in [0.717, 1.165) is 62.4 Å². The fraction of sp³-hybridized carbons (Fsp3) is 0.971. The Bertz CT molecular complexity index is 878. The maximum atomic E-state index is 12.6. The number of hydrogen-bond acceptors (Lipinski definition) is 4. The van der Waals surface area contributed by atoms with E-state index in [0.29, 0.717) is 41.1 Å². The van der Waals surface area contributed by atoms with Gasteiger partial charge in [0.1, 0.15) is 6.10 Å². The summed E-state index contributed by atoms with van der Waals surface area (Å²) in [5.41, 5.74) is 0.815. The smallest absolute Gasteiger partial charge is 0.306 e. The van der Waals surface area contributed by atoms with Crippen LogP contribution in [0.4, 0.5) is 0 Å². The Hall–Kier alpha value is -0.610. The molecule has 2 heterocycles. The van der Waals surface area contributed by atoms with E-state index in [2.05, 4.69) is 34.6 Å². The molecule has 222 valence electrons. The van der Waals surface area contributed by atoms with E-state index in [1.54, 1.807) is 0 Å². The molecule has 4 nitrogen and oxygen atoms in total. The topological polar surface area (TPSA) is 44.8 Å². The van der Waals surface area contributed by atoms with Crippen molar-refractivity contribution in [1.82, 2.24) is 0 Å². The third kappa shape index (κ3) is 4.84. The van der Waals surface area contributed by atoms with Crippen molar-refractivity contribution in [2.75, 3.05) is 6.61 Å². The average molecular weight is 543 g/mol. The molecule has 6 rings (SSSR count). The van der Waals surface area contributed by atoms with Gasteiger partial charge in [0.15, 0.2) is 5.79 Å². The van der Waals surface area contributed by atoms with Crippen LogP contribution in [0, 0.1) is 52.3 Å². The molecule has 0 amide bonds. The van der Waals surface area contributed by atoms with Crippen LogP contribution in [0.15, 0.2) is 0 Å². The third-order valence-electron chi connectivity index (χ3n) is 13.7. The first-order valence-electron chi connectivity index (χ1n) is 17.2. The summed E-state index contributed by atoms with van der Waals surface area (Å²) in [6, 6.07) is 0. The summed E-state index contributed by atoms with van der Waals surface area (Å²) in [4.78, 5) is 12.6. The lowest BCUT2D eigenvalue weighted by Gasteiger charge is -2.61.